The molecular formula is C29H29N3O6S. The first-order valence-electron chi connectivity index (χ1n) is 12.3. The van der Waals surface area contributed by atoms with E-state index in [0.717, 1.165) is 11.8 Å². The molecule has 0 aliphatic carbocycles. The highest BCUT2D eigenvalue weighted by molar-refractivity contribution is 7.99. The number of carbonyl (C=O) groups excluding carboxylic acids is 2. The van der Waals surface area contributed by atoms with E-state index in [1.807, 2.05) is 6.92 Å². The Morgan fingerprint density at radius 2 is 1.64 bits per heavy atom. The first kappa shape index (κ1) is 27.9. The van der Waals surface area contributed by atoms with Crippen molar-refractivity contribution in [3.63, 3.8) is 0 Å². The van der Waals surface area contributed by atoms with Crippen molar-refractivity contribution < 1.29 is 23.8 Å². The number of Topliss-reactive ketones (excluding diaryl/α,β-unsaturated/α-hetero) is 1. The van der Waals surface area contributed by atoms with Crippen LogP contribution in [0.1, 0.15) is 27.6 Å². The molecule has 202 valence electrons. The van der Waals surface area contributed by atoms with E-state index >= 15 is 0 Å². The Hall–Kier alpha value is -4.15. The van der Waals surface area contributed by atoms with Gasteiger partial charge in [-0.3, -0.25) is 19.0 Å². The van der Waals surface area contributed by atoms with Crippen molar-refractivity contribution in [2.24, 2.45) is 0 Å². The molecule has 0 spiro atoms. The zero-order valence-corrected chi connectivity index (χ0v) is 22.7. The zero-order chi connectivity index (χ0) is 27.8. The summed E-state index contributed by atoms with van der Waals surface area (Å²) < 4.78 is 17.1. The van der Waals surface area contributed by atoms with Gasteiger partial charge in [0.1, 0.15) is 11.5 Å². The Morgan fingerprint density at radius 1 is 0.949 bits per heavy atom. The summed E-state index contributed by atoms with van der Waals surface area (Å²) in [6.45, 7) is 3.17. The number of carbonyl (C=O) groups is 2. The molecule has 1 N–H and O–H groups in total. The number of aromatic nitrogens is 2. The molecule has 0 saturated carbocycles. The van der Waals surface area contributed by atoms with Gasteiger partial charge in [-0.1, -0.05) is 11.8 Å². The fourth-order valence-corrected chi connectivity index (χ4v) is 4.76. The highest BCUT2D eigenvalue weighted by Gasteiger charge is 2.17. The van der Waals surface area contributed by atoms with Crippen LogP contribution in [-0.4, -0.2) is 61.0 Å². The minimum absolute atomic E-state index is 0.0548. The second-order valence-corrected chi connectivity index (χ2v) is 9.33. The number of methoxy groups -OCH3 is 2. The molecule has 1 amide bonds. The van der Waals surface area contributed by atoms with E-state index in [-0.39, 0.29) is 23.0 Å². The molecule has 4 rings (SSSR count). The minimum atomic E-state index is -0.312. The van der Waals surface area contributed by atoms with Crippen LogP contribution in [0, 0.1) is 0 Å². The van der Waals surface area contributed by atoms with Crippen LogP contribution in [-0.2, 0) is 4.74 Å². The second-order valence-electron chi connectivity index (χ2n) is 8.38. The van der Waals surface area contributed by atoms with Crippen molar-refractivity contribution in [2.75, 3.05) is 39.7 Å². The van der Waals surface area contributed by atoms with Gasteiger partial charge in [0, 0.05) is 24.8 Å². The van der Waals surface area contributed by atoms with Crippen molar-refractivity contribution in [1.29, 1.82) is 0 Å². The van der Waals surface area contributed by atoms with Gasteiger partial charge in [-0.2, -0.15) is 0 Å². The van der Waals surface area contributed by atoms with Crippen molar-refractivity contribution in [3.8, 4) is 17.2 Å². The van der Waals surface area contributed by atoms with Gasteiger partial charge in [0.05, 0.1) is 42.7 Å². The normalized spacial score (nSPS) is 10.8. The van der Waals surface area contributed by atoms with Crippen molar-refractivity contribution in [3.05, 3.63) is 88.2 Å². The molecular weight excluding hydrogens is 518 g/mol. The van der Waals surface area contributed by atoms with E-state index in [1.165, 1.54) is 4.57 Å². The lowest BCUT2D eigenvalue weighted by Crippen LogP contribution is -2.27. The molecule has 0 unspecified atom stereocenters. The van der Waals surface area contributed by atoms with Gasteiger partial charge in [-0.15, -0.1) is 0 Å². The molecule has 0 atom stereocenters. The molecule has 0 aliphatic rings. The summed E-state index contributed by atoms with van der Waals surface area (Å²) in [5.41, 5.74) is 1.52. The third-order valence-corrected chi connectivity index (χ3v) is 6.78. The van der Waals surface area contributed by atoms with Crippen molar-refractivity contribution >= 4 is 34.4 Å². The van der Waals surface area contributed by atoms with Crippen LogP contribution in [0.5, 0.6) is 11.5 Å². The first-order valence-corrected chi connectivity index (χ1v) is 13.3. The highest BCUT2D eigenvalue weighted by atomic mass is 32.2. The van der Waals surface area contributed by atoms with Gasteiger partial charge in [0.2, 0.25) is 0 Å². The highest BCUT2D eigenvalue weighted by Crippen LogP contribution is 2.24. The number of rotatable bonds is 12. The predicted molar refractivity (Wildman–Crippen MR) is 151 cm³/mol. The third kappa shape index (κ3) is 6.65. The number of hydrogen-bond acceptors (Lipinski definition) is 8. The fraction of sp³-hybridized carbons (Fsp3) is 0.241. The zero-order valence-electron chi connectivity index (χ0n) is 21.9. The van der Waals surface area contributed by atoms with Crippen LogP contribution >= 0.6 is 11.8 Å². The van der Waals surface area contributed by atoms with E-state index in [0.29, 0.717) is 64.1 Å². The fourth-order valence-electron chi connectivity index (χ4n) is 3.85. The number of fused-ring (bicyclic) bond motifs is 1. The van der Waals surface area contributed by atoms with Crippen LogP contribution in [0.3, 0.4) is 0 Å². The van der Waals surface area contributed by atoms with Crippen LogP contribution in [0.15, 0.2) is 76.7 Å². The quantitative estimate of drug-likeness (QED) is 0.122. The average Bonchev–Trinajstić information content (AvgIpc) is 2.96. The lowest BCUT2D eigenvalue weighted by molar-refractivity contribution is 0.0936. The maximum Gasteiger partial charge on any atom is 0.266 e. The Bertz CT molecular complexity index is 1520. The summed E-state index contributed by atoms with van der Waals surface area (Å²) in [5.74, 6) is 0.969. The molecule has 0 radical (unpaired) electrons. The van der Waals surface area contributed by atoms with Gasteiger partial charge in [-0.25, -0.2) is 4.98 Å². The number of nitrogens with zero attached hydrogens (tertiary/aromatic N) is 2. The molecule has 1 aromatic heterocycles. The lowest BCUT2D eigenvalue weighted by Gasteiger charge is -2.14. The van der Waals surface area contributed by atoms with E-state index in [9.17, 15) is 14.4 Å². The largest absolute Gasteiger partial charge is 0.497 e. The molecule has 39 heavy (non-hydrogen) atoms. The molecule has 10 heteroatoms. The van der Waals surface area contributed by atoms with Crippen molar-refractivity contribution in [2.45, 2.75) is 12.1 Å². The van der Waals surface area contributed by atoms with Crippen LogP contribution in [0.4, 0.5) is 0 Å². The summed E-state index contributed by atoms with van der Waals surface area (Å²) in [6, 6.07) is 18.7. The van der Waals surface area contributed by atoms with Gasteiger partial charge >= 0.3 is 0 Å². The maximum atomic E-state index is 13.7. The standard InChI is InChI=1S/C29H29N3O6S/c1-4-38-23-10-5-19(6-11-23)26(33)18-39-29-31-25-17-20(27(34)30-15-16-36-2)7-14-24(25)28(35)32(29)21-8-12-22(37-3)13-9-21/h5-14,17H,4,15-16,18H2,1-3H3,(H,30,34). The number of ether oxygens (including phenoxy) is 3. The SMILES string of the molecule is CCOc1ccc(C(=O)CSc2nc3cc(C(=O)NCCOC)ccc3c(=O)n2-c2ccc(OC)cc2)cc1. The number of amides is 1. The summed E-state index contributed by atoms with van der Waals surface area (Å²) in [6.07, 6.45) is 0. The van der Waals surface area contributed by atoms with E-state index in [2.05, 4.69) is 5.32 Å². The first-order chi connectivity index (χ1) is 18.9. The maximum absolute atomic E-state index is 13.7. The smallest absolute Gasteiger partial charge is 0.266 e. The number of ketones is 1. The predicted octanol–water partition coefficient (Wildman–Crippen LogP) is 4.14. The monoisotopic (exact) mass is 547 g/mol. The summed E-state index contributed by atoms with van der Waals surface area (Å²) in [4.78, 5) is 43.9. The number of nitrogens with one attached hydrogen (secondary N) is 1. The second kappa shape index (κ2) is 13.1. The Labute approximate surface area is 230 Å². The molecule has 0 bridgehead atoms. The third-order valence-electron chi connectivity index (χ3n) is 5.84. The van der Waals surface area contributed by atoms with E-state index in [4.69, 9.17) is 19.2 Å². The van der Waals surface area contributed by atoms with Gasteiger partial charge in [0.15, 0.2) is 10.9 Å². The van der Waals surface area contributed by atoms with Gasteiger partial charge in [0.25, 0.3) is 11.5 Å². The molecule has 9 nitrogen and oxygen atoms in total. The summed E-state index contributed by atoms with van der Waals surface area (Å²) in [7, 11) is 3.12. The Balaban J connectivity index is 1.70. The molecule has 3 aromatic carbocycles. The molecule has 0 saturated heterocycles. The number of benzene rings is 3. The Morgan fingerprint density at radius 3 is 2.31 bits per heavy atom. The van der Waals surface area contributed by atoms with Gasteiger partial charge in [-0.05, 0) is 73.7 Å². The van der Waals surface area contributed by atoms with E-state index in [1.54, 1.807) is 80.9 Å². The molecule has 0 aliphatic heterocycles. The topological polar surface area (TPSA) is 109 Å². The summed E-state index contributed by atoms with van der Waals surface area (Å²) >= 11 is 1.15. The van der Waals surface area contributed by atoms with Crippen LogP contribution < -0.4 is 20.3 Å². The number of hydrogen-bond donors (Lipinski definition) is 1. The lowest BCUT2D eigenvalue weighted by atomic mass is 10.1. The van der Waals surface area contributed by atoms with Crippen molar-refractivity contribution in [1.82, 2.24) is 14.9 Å². The van der Waals surface area contributed by atoms with E-state index < -0.39 is 0 Å². The molecule has 4 aromatic rings. The molecule has 1 heterocycles. The number of thioether (sulfide) groups is 1. The average molecular weight is 548 g/mol. The van der Waals surface area contributed by atoms with Crippen LogP contribution in [0.2, 0.25) is 0 Å². The molecule has 0 fully saturated rings. The van der Waals surface area contributed by atoms with Gasteiger partial charge < -0.3 is 19.5 Å². The van der Waals surface area contributed by atoms with Crippen LogP contribution in [0.25, 0.3) is 16.6 Å². The summed E-state index contributed by atoms with van der Waals surface area (Å²) in [5, 5.41) is 3.44. The minimum Gasteiger partial charge on any atom is -0.497 e. The Kier molecular flexibility index (Phi) is 9.35.